The third kappa shape index (κ3) is 2.04. The number of phenols is 1. The van der Waals surface area contributed by atoms with Crippen LogP contribution in [0.2, 0.25) is 0 Å². The fourth-order valence-corrected chi connectivity index (χ4v) is 2.91. The number of hydrogen-bond donors (Lipinski definition) is 2. The van der Waals surface area contributed by atoms with Crippen molar-refractivity contribution in [3.05, 3.63) is 48.2 Å². The minimum atomic E-state index is -0.979. The van der Waals surface area contributed by atoms with Gasteiger partial charge in [0, 0.05) is 6.20 Å². The van der Waals surface area contributed by atoms with E-state index in [2.05, 4.69) is 4.98 Å². The van der Waals surface area contributed by atoms with E-state index in [1.807, 2.05) is 12.1 Å². The second kappa shape index (κ2) is 4.37. The van der Waals surface area contributed by atoms with E-state index in [1.165, 1.54) is 29.7 Å². The summed E-state index contributed by atoms with van der Waals surface area (Å²) in [7, 11) is 0. The molecule has 0 bridgehead atoms. The smallest absolute Gasteiger partial charge is 0.335 e. The predicted molar refractivity (Wildman–Crippen MR) is 73.7 cm³/mol. The zero-order valence-corrected chi connectivity index (χ0v) is 10.5. The van der Waals surface area contributed by atoms with Crippen molar-refractivity contribution >= 4 is 27.4 Å². The SMILES string of the molecule is O=C(O)c1ccnc(-c2cc3cccc(O)c3s2)c1. The topological polar surface area (TPSA) is 70.4 Å². The third-order valence-electron chi connectivity index (χ3n) is 2.78. The number of carboxylic acid groups (broad SMARTS) is 1. The van der Waals surface area contributed by atoms with Crippen molar-refractivity contribution in [1.82, 2.24) is 4.98 Å². The molecule has 2 aromatic heterocycles. The van der Waals surface area contributed by atoms with Gasteiger partial charge in [0.25, 0.3) is 0 Å². The van der Waals surface area contributed by atoms with Crippen LogP contribution in [0.15, 0.2) is 42.6 Å². The maximum absolute atomic E-state index is 10.9. The van der Waals surface area contributed by atoms with Crippen molar-refractivity contribution in [2.24, 2.45) is 0 Å². The van der Waals surface area contributed by atoms with E-state index in [4.69, 9.17) is 5.11 Å². The molecule has 0 radical (unpaired) electrons. The van der Waals surface area contributed by atoms with Gasteiger partial charge in [-0.2, -0.15) is 0 Å². The number of aromatic carboxylic acids is 1. The number of hydrogen-bond acceptors (Lipinski definition) is 4. The standard InChI is InChI=1S/C14H9NO3S/c16-11-3-1-2-8-7-12(19-13(8)11)10-6-9(14(17)18)4-5-15-10/h1-7,16H,(H,17,18). The number of aromatic nitrogens is 1. The lowest BCUT2D eigenvalue weighted by Crippen LogP contribution is -1.96. The number of fused-ring (bicyclic) bond motifs is 1. The number of phenolic OH excluding ortho intramolecular Hbond substituents is 1. The molecule has 1 aromatic carbocycles. The molecule has 2 N–H and O–H groups in total. The number of benzene rings is 1. The van der Waals surface area contributed by atoms with Gasteiger partial charge in [-0.15, -0.1) is 11.3 Å². The molecule has 0 atom stereocenters. The van der Waals surface area contributed by atoms with E-state index in [0.717, 1.165) is 15.0 Å². The van der Waals surface area contributed by atoms with Crippen LogP contribution in [-0.2, 0) is 0 Å². The molecular formula is C14H9NO3S. The number of carbonyl (C=O) groups is 1. The molecule has 0 aliphatic rings. The Kier molecular flexibility index (Phi) is 2.68. The second-order valence-corrected chi connectivity index (χ2v) is 5.09. The number of aromatic hydroxyl groups is 1. The van der Waals surface area contributed by atoms with Gasteiger partial charge >= 0.3 is 5.97 Å². The summed E-state index contributed by atoms with van der Waals surface area (Å²) >= 11 is 1.39. The van der Waals surface area contributed by atoms with Crippen LogP contribution in [0, 0.1) is 0 Å². The van der Waals surface area contributed by atoms with Crippen molar-refractivity contribution in [3.8, 4) is 16.3 Å². The van der Waals surface area contributed by atoms with Crippen LogP contribution in [0.1, 0.15) is 10.4 Å². The van der Waals surface area contributed by atoms with Crippen molar-refractivity contribution in [2.75, 3.05) is 0 Å². The fourth-order valence-electron chi connectivity index (χ4n) is 1.87. The molecule has 19 heavy (non-hydrogen) atoms. The van der Waals surface area contributed by atoms with Gasteiger partial charge in [0.1, 0.15) is 5.75 Å². The summed E-state index contributed by atoms with van der Waals surface area (Å²) in [6, 6.07) is 10.2. The van der Waals surface area contributed by atoms with Gasteiger partial charge in [0.15, 0.2) is 0 Å². The van der Waals surface area contributed by atoms with E-state index >= 15 is 0 Å². The Labute approximate surface area is 112 Å². The highest BCUT2D eigenvalue weighted by Crippen LogP contribution is 2.37. The zero-order valence-electron chi connectivity index (χ0n) is 9.70. The predicted octanol–water partition coefficient (Wildman–Crippen LogP) is 3.37. The first-order valence-corrected chi connectivity index (χ1v) is 6.38. The Bertz CT molecular complexity index is 779. The number of carboxylic acids is 1. The van der Waals surface area contributed by atoms with Crippen molar-refractivity contribution < 1.29 is 15.0 Å². The van der Waals surface area contributed by atoms with Crippen LogP contribution < -0.4 is 0 Å². The highest BCUT2D eigenvalue weighted by molar-refractivity contribution is 7.22. The first-order valence-electron chi connectivity index (χ1n) is 5.56. The van der Waals surface area contributed by atoms with Crippen LogP contribution in [0.3, 0.4) is 0 Å². The van der Waals surface area contributed by atoms with E-state index in [0.29, 0.717) is 5.69 Å². The summed E-state index contributed by atoms with van der Waals surface area (Å²) in [6.45, 7) is 0. The molecule has 3 rings (SSSR count). The summed E-state index contributed by atoms with van der Waals surface area (Å²) in [4.78, 5) is 16.0. The highest BCUT2D eigenvalue weighted by Gasteiger charge is 2.10. The number of rotatable bonds is 2. The van der Waals surface area contributed by atoms with Gasteiger partial charge in [-0.25, -0.2) is 4.79 Å². The minimum absolute atomic E-state index is 0.201. The molecule has 0 aliphatic carbocycles. The minimum Gasteiger partial charge on any atom is -0.506 e. The zero-order chi connectivity index (χ0) is 13.4. The number of pyridine rings is 1. The number of thiophene rings is 1. The largest absolute Gasteiger partial charge is 0.506 e. The van der Waals surface area contributed by atoms with Crippen molar-refractivity contribution in [3.63, 3.8) is 0 Å². The van der Waals surface area contributed by atoms with E-state index in [1.54, 1.807) is 12.1 Å². The lowest BCUT2D eigenvalue weighted by atomic mass is 10.2. The Morgan fingerprint density at radius 2 is 2.05 bits per heavy atom. The summed E-state index contributed by atoms with van der Waals surface area (Å²) in [6.07, 6.45) is 1.48. The molecule has 3 aromatic rings. The van der Waals surface area contributed by atoms with Gasteiger partial charge < -0.3 is 10.2 Å². The molecule has 2 heterocycles. The summed E-state index contributed by atoms with van der Waals surface area (Å²) in [5, 5.41) is 19.7. The number of nitrogens with zero attached hydrogens (tertiary/aromatic N) is 1. The molecule has 0 saturated carbocycles. The molecule has 0 aliphatic heterocycles. The first kappa shape index (κ1) is 11.7. The molecule has 0 unspecified atom stereocenters. The van der Waals surface area contributed by atoms with Crippen LogP contribution >= 0.6 is 11.3 Å². The summed E-state index contributed by atoms with van der Waals surface area (Å²) in [5.74, 6) is -0.754. The van der Waals surface area contributed by atoms with Crippen molar-refractivity contribution in [1.29, 1.82) is 0 Å². The van der Waals surface area contributed by atoms with Crippen LogP contribution in [0.4, 0.5) is 0 Å². The van der Waals surface area contributed by atoms with E-state index in [9.17, 15) is 9.90 Å². The molecule has 94 valence electrons. The molecule has 5 heteroatoms. The Morgan fingerprint density at radius 3 is 2.79 bits per heavy atom. The Balaban J connectivity index is 2.16. The molecule has 0 saturated heterocycles. The first-order chi connectivity index (χ1) is 9.15. The van der Waals surface area contributed by atoms with Crippen molar-refractivity contribution in [2.45, 2.75) is 0 Å². The fraction of sp³-hybridized carbons (Fsp3) is 0. The molecule has 0 amide bonds. The quantitative estimate of drug-likeness (QED) is 0.749. The van der Waals surface area contributed by atoms with Gasteiger partial charge in [0.05, 0.1) is 20.8 Å². The summed E-state index contributed by atoms with van der Waals surface area (Å²) in [5.41, 5.74) is 0.798. The molecule has 0 fully saturated rings. The average molecular weight is 271 g/mol. The normalized spacial score (nSPS) is 10.7. The molecule has 4 nitrogen and oxygen atoms in total. The van der Waals surface area contributed by atoms with Crippen LogP contribution in [0.5, 0.6) is 5.75 Å². The summed E-state index contributed by atoms with van der Waals surface area (Å²) < 4.78 is 0.778. The maximum atomic E-state index is 10.9. The third-order valence-corrected chi connectivity index (χ3v) is 3.98. The average Bonchev–Trinajstić information content (AvgIpc) is 2.84. The van der Waals surface area contributed by atoms with Gasteiger partial charge in [0.2, 0.25) is 0 Å². The van der Waals surface area contributed by atoms with E-state index in [-0.39, 0.29) is 11.3 Å². The van der Waals surface area contributed by atoms with E-state index < -0.39 is 5.97 Å². The van der Waals surface area contributed by atoms with Gasteiger partial charge in [-0.05, 0) is 29.7 Å². The lowest BCUT2D eigenvalue weighted by molar-refractivity contribution is 0.0697. The maximum Gasteiger partial charge on any atom is 0.335 e. The van der Waals surface area contributed by atoms with Crippen LogP contribution in [0.25, 0.3) is 20.7 Å². The monoisotopic (exact) mass is 271 g/mol. The highest BCUT2D eigenvalue weighted by atomic mass is 32.1. The van der Waals surface area contributed by atoms with Gasteiger partial charge in [-0.3, -0.25) is 4.98 Å². The second-order valence-electron chi connectivity index (χ2n) is 4.04. The Hall–Kier alpha value is -2.40. The molecule has 0 spiro atoms. The van der Waals surface area contributed by atoms with Gasteiger partial charge in [-0.1, -0.05) is 12.1 Å². The van der Waals surface area contributed by atoms with Crippen LogP contribution in [-0.4, -0.2) is 21.2 Å². The molecular weight excluding hydrogens is 262 g/mol. The Morgan fingerprint density at radius 1 is 1.21 bits per heavy atom. The lowest BCUT2D eigenvalue weighted by Gasteiger charge is -1.98.